The van der Waals surface area contributed by atoms with E-state index in [0.717, 1.165) is 75.1 Å². The molecule has 2 aromatic carbocycles. The van der Waals surface area contributed by atoms with Crippen molar-refractivity contribution in [1.82, 2.24) is 39.0 Å². The molecule has 3 N–H and O–H groups in total. The molecule has 2 fully saturated rings. The molecule has 4 aromatic heterocycles. The number of imidazole rings is 2. The number of ether oxygens (including phenoxy) is 4. The Labute approximate surface area is 369 Å². The highest BCUT2D eigenvalue weighted by Gasteiger charge is 2.35. The summed E-state index contributed by atoms with van der Waals surface area (Å²) in [6.45, 7) is 8.27. The van der Waals surface area contributed by atoms with E-state index in [1.54, 1.807) is 70.8 Å². The van der Waals surface area contributed by atoms with Crippen molar-refractivity contribution in [3.63, 3.8) is 0 Å². The number of anilines is 5. The van der Waals surface area contributed by atoms with Gasteiger partial charge in [-0.2, -0.15) is 9.97 Å². The molecule has 4 aliphatic heterocycles. The summed E-state index contributed by atoms with van der Waals surface area (Å²) >= 11 is 5.85. The van der Waals surface area contributed by atoms with Crippen LogP contribution in [0.1, 0.15) is 37.1 Å². The van der Waals surface area contributed by atoms with Gasteiger partial charge in [0.15, 0.2) is 23.1 Å². The van der Waals surface area contributed by atoms with E-state index in [-0.39, 0.29) is 23.0 Å². The van der Waals surface area contributed by atoms with Crippen molar-refractivity contribution >= 4 is 40.6 Å². The number of nitrogens with zero attached hydrogens (tertiary/aromatic N) is 10. The minimum atomic E-state index is -0.361. The molecule has 6 aromatic rings. The third-order valence-electron chi connectivity index (χ3n) is 11.7. The van der Waals surface area contributed by atoms with Crippen molar-refractivity contribution in [3.05, 3.63) is 102 Å². The van der Waals surface area contributed by atoms with Gasteiger partial charge in [-0.15, -0.1) is 0 Å². The maximum atomic E-state index is 14.7. The molecule has 332 valence electrons. The first-order valence-corrected chi connectivity index (χ1v) is 21.3. The molecular weight excluding hydrogens is 834 g/mol. The molecule has 2 atom stereocenters. The van der Waals surface area contributed by atoms with E-state index in [2.05, 4.69) is 45.0 Å². The van der Waals surface area contributed by atoms with Crippen molar-refractivity contribution in [2.45, 2.75) is 51.6 Å². The Balaban J connectivity index is 0.000000143. The second-order valence-electron chi connectivity index (χ2n) is 15.9. The second kappa shape index (κ2) is 19.5. The molecule has 0 amide bonds. The van der Waals surface area contributed by atoms with Gasteiger partial charge >= 0.3 is 0 Å². The minimum absolute atomic E-state index is 0.245. The number of aromatic nitrogens is 8. The van der Waals surface area contributed by atoms with Gasteiger partial charge in [0.25, 0.3) is 0 Å². The van der Waals surface area contributed by atoms with Crippen LogP contribution in [0.25, 0.3) is 11.4 Å². The van der Waals surface area contributed by atoms with Gasteiger partial charge in [0.2, 0.25) is 11.2 Å². The van der Waals surface area contributed by atoms with Gasteiger partial charge in [-0.1, -0.05) is 0 Å². The van der Waals surface area contributed by atoms with Crippen LogP contribution in [0, 0.1) is 37.3 Å². The van der Waals surface area contributed by atoms with Crippen molar-refractivity contribution in [2.24, 2.45) is 11.8 Å². The van der Waals surface area contributed by atoms with E-state index < -0.39 is 0 Å². The second-order valence-corrected chi connectivity index (χ2v) is 16.3. The van der Waals surface area contributed by atoms with Crippen LogP contribution in [0.15, 0.2) is 73.8 Å². The first kappa shape index (κ1) is 43.5. The number of fused-ring (bicyclic) bond motifs is 2. The number of rotatable bonds is 6. The summed E-state index contributed by atoms with van der Waals surface area (Å²) in [5.41, 5.74) is 9.00. The largest absolute Gasteiger partial charge is 0.486 e. The van der Waals surface area contributed by atoms with Gasteiger partial charge in [0.1, 0.15) is 24.8 Å². The first-order valence-electron chi connectivity index (χ1n) is 20.9. The number of benzene rings is 2. The predicted octanol–water partition coefficient (Wildman–Crippen LogP) is 7.13. The average Bonchev–Trinajstić information content (AvgIpc) is 3.93. The lowest BCUT2D eigenvalue weighted by atomic mass is 9.90. The van der Waals surface area contributed by atoms with Crippen LogP contribution in [0.2, 0.25) is 5.28 Å². The van der Waals surface area contributed by atoms with Crippen molar-refractivity contribution in [3.8, 4) is 22.9 Å². The summed E-state index contributed by atoms with van der Waals surface area (Å²) in [6.07, 6.45) is 14.2. The zero-order chi connectivity index (χ0) is 44.0. The molecule has 2 saturated heterocycles. The Morgan fingerprint density at radius 3 is 1.70 bits per heavy atom. The maximum absolute atomic E-state index is 14.7. The number of nitrogen functional groups attached to an aromatic ring is 1. The Bertz CT molecular complexity index is 2500. The Morgan fingerprint density at radius 2 is 1.19 bits per heavy atom. The van der Waals surface area contributed by atoms with Gasteiger partial charge in [-0.05, 0) is 99.4 Å². The summed E-state index contributed by atoms with van der Waals surface area (Å²) in [7, 11) is 4.09. The van der Waals surface area contributed by atoms with Crippen molar-refractivity contribution < 1.29 is 27.7 Å². The molecule has 4 aliphatic rings. The number of aryl methyl sites for hydroxylation is 2. The summed E-state index contributed by atoms with van der Waals surface area (Å²) in [5.74, 6) is 3.69. The number of nitrogens with one attached hydrogen (secondary N) is 1. The molecule has 0 saturated carbocycles. The minimum Gasteiger partial charge on any atom is -0.486 e. The van der Waals surface area contributed by atoms with Crippen LogP contribution < -0.4 is 30.3 Å². The van der Waals surface area contributed by atoms with Crippen LogP contribution in [0.5, 0.6) is 11.5 Å². The molecule has 0 aliphatic carbocycles. The lowest BCUT2D eigenvalue weighted by Crippen LogP contribution is -2.47. The lowest BCUT2D eigenvalue weighted by molar-refractivity contribution is 0.0492. The van der Waals surface area contributed by atoms with E-state index >= 15 is 0 Å². The zero-order valence-electron chi connectivity index (χ0n) is 35.6. The smallest absolute Gasteiger partial charge is 0.229 e. The standard InChI is InChI=1S/C22H25FN6O2.C12H16ClN3O2.C10H10FN3/c1-14-11-29(13-25-14)18-4-3-16(9-17(18)23)26-22-24-10-20-21(27-22)28(2)19(12-31-20)15-5-7-30-8-6-15;1-16-9(8-2-4-17-5-3-8)7-18-10-6-14-12(13)15-11(10)16;1-7-5-14(6-13-7)10-3-2-8(12)4-9(10)11/h3-4,9-11,13,15,19H,5-8,12H2,1-2H3,(H,24,26,27);6,8-9H,2-5,7H2,1H3;2-6H,12H2,1H3. The third-order valence-corrected chi connectivity index (χ3v) is 11.9. The molecule has 0 spiro atoms. The molecule has 0 radical (unpaired) electrons. The van der Waals surface area contributed by atoms with Gasteiger partial charge in [-0.25, -0.2) is 28.7 Å². The summed E-state index contributed by atoms with van der Waals surface area (Å²) in [6, 6.07) is 10.1. The highest BCUT2D eigenvalue weighted by molar-refractivity contribution is 6.28. The third kappa shape index (κ3) is 10.2. The number of likely N-dealkylation sites (N-methyl/N-ethyl adjacent to an activating group) is 2. The van der Waals surface area contributed by atoms with Crippen LogP contribution in [-0.4, -0.2) is 105 Å². The summed E-state index contributed by atoms with van der Waals surface area (Å²) in [5, 5.41) is 3.37. The molecular formula is C44H51ClF2N12O4. The normalized spacial score (nSPS) is 18.7. The number of halogens is 3. The molecule has 19 heteroatoms. The molecule has 16 nitrogen and oxygen atoms in total. The quantitative estimate of drug-likeness (QED) is 0.128. The average molecular weight is 885 g/mol. The molecule has 63 heavy (non-hydrogen) atoms. The molecule has 8 heterocycles. The molecule has 0 bridgehead atoms. The van der Waals surface area contributed by atoms with Crippen LogP contribution in [0.3, 0.4) is 0 Å². The van der Waals surface area contributed by atoms with Gasteiger partial charge < -0.3 is 48.9 Å². The Morgan fingerprint density at radius 1 is 0.683 bits per heavy atom. The van der Waals surface area contributed by atoms with E-state index in [1.165, 1.54) is 12.1 Å². The van der Waals surface area contributed by atoms with Gasteiger partial charge in [-0.3, -0.25) is 0 Å². The topological polar surface area (TPSA) is 169 Å². The highest BCUT2D eigenvalue weighted by Crippen LogP contribution is 2.37. The fraction of sp³-hybridized carbons (Fsp3) is 0.409. The van der Waals surface area contributed by atoms with Crippen LogP contribution >= 0.6 is 11.6 Å². The molecule has 2 unspecified atom stereocenters. The van der Waals surface area contributed by atoms with E-state index in [1.807, 2.05) is 27.9 Å². The van der Waals surface area contributed by atoms with Crippen LogP contribution in [0.4, 0.5) is 37.7 Å². The zero-order valence-corrected chi connectivity index (χ0v) is 36.4. The summed E-state index contributed by atoms with van der Waals surface area (Å²) in [4.78, 5) is 29.7. The van der Waals surface area contributed by atoms with Crippen molar-refractivity contribution in [1.29, 1.82) is 0 Å². The van der Waals surface area contributed by atoms with Gasteiger partial charge in [0, 0.05) is 64.3 Å². The first-order chi connectivity index (χ1) is 30.5. The van der Waals surface area contributed by atoms with E-state index in [4.69, 9.17) is 36.3 Å². The highest BCUT2D eigenvalue weighted by atomic mass is 35.5. The van der Waals surface area contributed by atoms with E-state index in [9.17, 15) is 8.78 Å². The predicted molar refractivity (Wildman–Crippen MR) is 236 cm³/mol. The Kier molecular flexibility index (Phi) is 13.5. The van der Waals surface area contributed by atoms with E-state index in [0.29, 0.717) is 71.3 Å². The SMILES string of the molecule is CN1c2nc(Cl)ncc2OCC1C1CCOCC1.Cc1cn(-c2ccc(N)cc2F)cn1.Cc1cn(-c2ccc(Nc3ncc4c(n3)N(C)C(C3CCOCC3)CO4)cc2F)cn1. The monoisotopic (exact) mass is 884 g/mol. The Hall–Kier alpha value is -6.11. The van der Waals surface area contributed by atoms with Gasteiger partial charge in [0.05, 0.1) is 59.9 Å². The van der Waals surface area contributed by atoms with Crippen LogP contribution in [-0.2, 0) is 9.47 Å². The lowest BCUT2D eigenvalue weighted by Gasteiger charge is -2.40. The number of hydrogen-bond donors (Lipinski definition) is 2. The number of nitrogens with two attached hydrogens (primary N) is 1. The molecule has 10 rings (SSSR count). The fourth-order valence-electron chi connectivity index (χ4n) is 8.23. The summed E-state index contributed by atoms with van der Waals surface area (Å²) < 4.78 is 54.0. The maximum Gasteiger partial charge on any atom is 0.229 e. The van der Waals surface area contributed by atoms with Crippen molar-refractivity contribution in [2.75, 3.05) is 74.6 Å². The fourth-order valence-corrected chi connectivity index (χ4v) is 8.36. The number of hydrogen-bond acceptors (Lipinski definition) is 14.